The van der Waals surface area contributed by atoms with Gasteiger partial charge in [0.2, 0.25) is 0 Å². The molecule has 1 aliphatic heterocycles. The lowest BCUT2D eigenvalue weighted by Gasteiger charge is -2.14. The second-order valence-corrected chi connectivity index (χ2v) is 7.22. The average Bonchev–Trinajstić information content (AvgIpc) is 2.96. The van der Waals surface area contributed by atoms with Gasteiger partial charge in [0, 0.05) is 0 Å². The zero-order valence-electron chi connectivity index (χ0n) is 15.8. The van der Waals surface area contributed by atoms with E-state index in [4.69, 9.17) is 9.47 Å². The Hall–Kier alpha value is -2.61. The first-order valence-corrected chi connectivity index (χ1v) is 9.99. The van der Waals surface area contributed by atoms with Crippen LogP contribution in [0.1, 0.15) is 19.4 Å². The molecule has 1 amide bonds. The molecule has 0 unspecified atom stereocenters. The van der Waals surface area contributed by atoms with E-state index in [1.165, 1.54) is 5.01 Å². The van der Waals surface area contributed by atoms with Crippen molar-refractivity contribution in [3.63, 3.8) is 0 Å². The minimum atomic E-state index is -0.149. The number of hydrazone groups is 1. The fraction of sp³-hybridized carbons (Fsp3) is 0.182. The van der Waals surface area contributed by atoms with Gasteiger partial charge in [0.25, 0.3) is 5.91 Å². The molecule has 2 aromatic carbocycles. The number of carbonyl (C=O) groups is 1. The maximum atomic E-state index is 12.9. The molecule has 0 fully saturated rings. The smallest absolute Gasteiger partial charge is 0.280 e. The van der Waals surface area contributed by atoms with E-state index in [1.54, 1.807) is 6.08 Å². The molecule has 1 heterocycles. The Kier molecular flexibility index (Phi) is 6.51. The molecule has 0 aromatic heterocycles. The molecule has 1 aliphatic rings. The molecule has 0 saturated carbocycles. The lowest BCUT2D eigenvalue weighted by Crippen LogP contribution is -2.21. The second kappa shape index (κ2) is 9.05. The lowest BCUT2D eigenvalue weighted by atomic mass is 10.1. The highest BCUT2D eigenvalue weighted by Crippen LogP contribution is 2.35. The monoisotopic (exact) mass is 488 g/mol. The summed E-state index contributed by atoms with van der Waals surface area (Å²) in [4.78, 5) is 12.9. The van der Waals surface area contributed by atoms with Crippen LogP contribution in [-0.4, -0.2) is 24.8 Å². The topological polar surface area (TPSA) is 51.1 Å². The number of ether oxygens (including phenoxy) is 2. The van der Waals surface area contributed by atoms with Crippen LogP contribution in [0.25, 0.3) is 6.08 Å². The standard InChI is InChI=1S/C22H21IN2O3/c1-4-11-28-21-19(23)13-16(14-20(21)27-5-2)12-18-15(3)24-25(22(18)26)17-9-7-6-8-10-17/h4,6-10,12-14H,1,5,11H2,2-3H3/b18-12+. The van der Waals surface area contributed by atoms with E-state index >= 15 is 0 Å². The number of para-hydroxylation sites is 1. The molecule has 0 atom stereocenters. The van der Waals surface area contributed by atoms with E-state index in [9.17, 15) is 4.79 Å². The van der Waals surface area contributed by atoms with E-state index in [2.05, 4.69) is 34.3 Å². The van der Waals surface area contributed by atoms with Crippen LogP contribution in [0.3, 0.4) is 0 Å². The van der Waals surface area contributed by atoms with Crippen molar-refractivity contribution in [2.75, 3.05) is 18.2 Å². The average molecular weight is 488 g/mol. The van der Waals surface area contributed by atoms with Gasteiger partial charge in [0.1, 0.15) is 6.61 Å². The molecular formula is C22H21IN2O3. The van der Waals surface area contributed by atoms with Crippen LogP contribution in [0.2, 0.25) is 0 Å². The number of hydrogen-bond donors (Lipinski definition) is 0. The third-order valence-electron chi connectivity index (χ3n) is 4.05. The van der Waals surface area contributed by atoms with Gasteiger partial charge in [-0.1, -0.05) is 30.9 Å². The van der Waals surface area contributed by atoms with Crippen LogP contribution < -0.4 is 14.5 Å². The largest absolute Gasteiger partial charge is 0.490 e. The van der Waals surface area contributed by atoms with Crippen molar-refractivity contribution >= 4 is 46.0 Å². The fourth-order valence-electron chi connectivity index (χ4n) is 2.81. The Morgan fingerprint density at radius 3 is 2.64 bits per heavy atom. The fourth-order valence-corrected chi connectivity index (χ4v) is 3.59. The third kappa shape index (κ3) is 4.27. The Morgan fingerprint density at radius 1 is 1.21 bits per heavy atom. The molecule has 0 spiro atoms. The highest BCUT2D eigenvalue weighted by Gasteiger charge is 2.28. The van der Waals surface area contributed by atoms with Crippen LogP contribution in [0.4, 0.5) is 5.69 Å². The van der Waals surface area contributed by atoms with Crippen LogP contribution >= 0.6 is 22.6 Å². The van der Waals surface area contributed by atoms with Gasteiger partial charge in [0.15, 0.2) is 11.5 Å². The highest BCUT2D eigenvalue weighted by atomic mass is 127. The normalized spacial score (nSPS) is 15.0. The number of halogens is 1. The summed E-state index contributed by atoms with van der Waals surface area (Å²) in [5.41, 5.74) is 2.83. The SMILES string of the molecule is C=CCOc1c(I)cc(/C=C2/C(=O)N(c3ccccc3)N=C2C)cc1OCC. The molecule has 0 bridgehead atoms. The Morgan fingerprint density at radius 2 is 1.96 bits per heavy atom. The number of carbonyl (C=O) groups excluding carboxylic acids is 1. The van der Waals surface area contributed by atoms with Crippen LogP contribution in [0.15, 0.2) is 65.8 Å². The molecule has 144 valence electrons. The number of anilines is 1. The van der Waals surface area contributed by atoms with E-state index in [1.807, 2.05) is 62.4 Å². The molecule has 5 nitrogen and oxygen atoms in total. The summed E-state index contributed by atoms with van der Waals surface area (Å²) < 4.78 is 12.4. The van der Waals surface area contributed by atoms with Crippen LogP contribution in [0.5, 0.6) is 11.5 Å². The number of rotatable bonds is 7. The van der Waals surface area contributed by atoms with Gasteiger partial charge in [-0.2, -0.15) is 10.1 Å². The Bertz CT molecular complexity index is 952. The van der Waals surface area contributed by atoms with Gasteiger partial charge in [-0.15, -0.1) is 0 Å². The van der Waals surface area contributed by atoms with Crippen molar-refractivity contribution in [1.82, 2.24) is 0 Å². The highest BCUT2D eigenvalue weighted by molar-refractivity contribution is 14.1. The summed E-state index contributed by atoms with van der Waals surface area (Å²) in [5.74, 6) is 1.17. The summed E-state index contributed by atoms with van der Waals surface area (Å²) in [7, 11) is 0. The Balaban J connectivity index is 1.96. The second-order valence-electron chi connectivity index (χ2n) is 6.06. The zero-order chi connectivity index (χ0) is 20.1. The number of hydrogen-bond acceptors (Lipinski definition) is 4. The van der Waals surface area contributed by atoms with Crippen molar-refractivity contribution in [1.29, 1.82) is 0 Å². The first-order valence-electron chi connectivity index (χ1n) is 8.92. The van der Waals surface area contributed by atoms with Crippen LogP contribution in [-0.2, 0) is 4.79 Å². The molecule has 2 aromatic rings. The van der Waals surface area contributed by atoms with Crippen molar-refractivity contribution < 1.29 is 14.3 Å². The first-order chi connectivity index (χ1) is 13.5. The first kappa shape index (κ1) is 20.1. The van der Waals surface area contributed by atoms with Gasteiger partial charge in [-0.25, -0.2) is 0 Å². The minimum absolute atomic E-state index is 0.149. The predicted octanol–water partition coefficient (Wildman–Crippen LogP) is 5.06. The maximum absolute atomic E-state index is 12.9. The molecule has 3 rings (SSSR count). The van der Waals surface area contributed by atoms with E-state index in [0.717, 1.165) is 14.8 Å². The van der Waals surface area contributed by atoms with Crippen LogP contribution in [0, 0.1) is 3.57 Å². The van der Waals surface area contributed by atoms with Gasteiger partial charge in [0.05, 0.1) is 27.1 Å². The van der Waals surface area contributed by atoms with Gasteiger partial charge in [-0.3, -0.25) is 4.79 Å². The molecule has 28 heavy (non-hydrogen) atoms. The summed E-state index contributed by atoms with van der Waals surface area (Å²) in [6.07, 6.45) is 3.53. The number of benzene rings is 2. The summed E-state index contributed by atoms with van der Waals surface area (Å²) in [5, 5.41) is 5.85. The van der Waals surface area contributed by atoms with E-state index in [-0.39, 0.29) is 5.91 Å². The predicted molar refractivity (Wildman–Crippen MR) is 121 cm³/mol. The summed E-state index contributed by atoms with van der Waals surface area (Å²) in [6.45, 7) is 8.35. The lowest BCUT2D eigenvalue weighted by molar-refractivity contribution is -0.114. The third-order valence-corrected chi connectivity index (χ3v) is 4.85. The summed E-state index contributed by atoms with van der Waals surface area (Å²) in [6, 6.07) is 13.2. The molecule has 0 N–H and O–H groups in total. The van der Waals surface area contributed by atoms with Gasteiger partial charge in [-0.05, 0) is 72.3 Å². The zero-order valence-corrected chi connectivity index (χ0v) is 18.0. The quantitative estimate of drug-likeness (QED) is 0.311. The van der Waals surface area contributed by atoms with E-state index in [0.29, 0.717) is 36.0 Å². The number of amides is 1. The molecule has 0 radical (unpaired) electrons. The molecule has 6 heteroatoms. The molecule has 0 aliphatic carbocycles. The Labute approximate surface area is 178 Å². The maximum Gasteiger partial charge on any atom is 0.280 e. The van der Waals surface area contributed by atoms with E-state index < -0.39 is 0 Å². The molecular weight excluding hydrogens is 467 g/mol. The summed E-state index contributed by atoms with van der Waals surface area (Å²) >= 11 is 2.21. The minimum Gasteiger partial charge on any atom is -0.490 e. The van der Waals surface area contributed by atoms with Crippen molar-refractivity contribution in [2.45, 2.75) is 13.8 Å². The van der Waals surface area contributed by atoms with Gasteiger partial charge >= 0.3 is 0 Å². The van der Waals surface area contributed by atoms with Crippen molar-refractivity contribution in [2.24, 2.45) is 5.10 Å². The number of nitrogens with zero attached hydrogens (tertiary/aromatic N) is 2. The van der Waals surface area contributed by atoms with Gasteiger partial charge < -0.3 is 9.47 Å². The molecule has 0 saturated heterocycles. The van der Waals surface area contributed by atoms with Crippen molar-refractivity contribution in [3.8, 4) is 11.5 Å². The van der Waals surface area contributed by atoms with Crippen molar-refractivity contribution in [3.05, 3.63) is 69.8 Å².